The highest BCUT2D eigenvalue weighted by Crippen LogP contribution is 2.26. The van der Waals surface area contributed by atoms with Crippen molar-refractivity contribution in [2.45, 2.75) is 23.1 Å². The molecule has 0 saturated carbocycles. The van der Waals surface area contributed by atoms with Crippen molar-refractivity contribution >= 4 is 23.4 Å². The van der Waals surface area contributed by atoms with Crippen LogP contribution in [0.1, 0.15) is 18.5 Å². The number of ether oxygens (including phenoxy) is 1. The summed E-state index contributed by atoms with van der Waals surface area (Å²) in [4.78, 5) is 26.0. The molecule has 0 radical (unpaired) electrons. The van der Waals surface area contributed by atoms with Crippen LogP contribution in [0.5, 0.6) is 0 Å². The number of nitro benzene ring substituents is 1. The van der Waals surface area contributed by atoms with Crippen LogP contribution >= 0.6 is 11.8 Å². The number of thioether (sulfide) groups is 1. The summed E-state index contributed by atoms with van der Waals surface area (Å²) in [5, 5.41) is 13.4. The summed E-state index contributed by atoms with van der Waals surface area (Å²) in [7, 11) is 0. The lowest BCUT2D eigenvalue weighted by molar-refractivity contribution is -0.384. The van der Waals surface area contributed by atoms with E-state index in [-0.39, 0.29) is 28.7 Å². The van der Waals surface area contributed by atoms with Crippen molar-refractivity contribution in [1.29, 1.82) is 0 Å². The first-order valence-corrected chi connectivity index (χ1v) is 10.6. The number of non-ortho nitro benzene ring substituents is 1. The molecule has 30 heavy (non-hydrogen) atoms. The maximum absolute atomic E-state index is 13.3. The third-order valence-corrected chi connectivity index (χ3v) is 6.05. The van der Waals surface area contributed by atoms with Gasteiger partial charge >= 0.3 is 0 Å². The molecule has 2 aromatic carbocycles. The first-order chi connectivity index (χ1) is 14.4. The molecule has 2 atom stereocenters. The molecule has 9 heteroatoms. The van der Waals surface area contributed by atoms with Crippen LogP contribution in [0.25, 0.3) is 0 Å². The molecular weight excluding hydrogens is 409 g/mol. The Bertz CT molecular complexity index is 858. The van der Waals surface area contributed by atoms with Gasteiger partial charge in [0.2, 0.25) is 5.91 Å². The second-order valence-electron chi connectivity index (χ2n) is 6.97. The van der Waals surface area contributed by atoms with E-state index in [9.17, 15) is 19.3 Å². The van der Waals surface area contributed by atoms with Gasteiger partial charge in [0.15, 0.2) is 0 Å². The monoisotopic (exact) mass is 433 g/mol. The summed E-state index contributed by atoms with van der Waals surface area (Å²) >= 11 is 1.34. The quantitative estimate of drug-likeness (QED) is 0.390. The molecule has 7 nitrogen and oxygen atoms in total. The molecule has 0 spiro atoms. The van der Waals surface area contributed by atoms with Crippen molar-refractivity contribution < 1.29 is 18.8 Å². The molecule has 3 rings (SSSR count). The van der Waals surface area contributed by atoms with Gasteiger partial charge in [-0.25, -0.2) is 4.39 Å². The highest BCUT2D eigenvalue weighted by Gasteiger charge is 2.24. The van der Waals surface area contributed by atoms with E-state index in [2.05, 4.69) is 10.2 Å². The molecule has 0 aromatic heterocycles. The minimum absolute atomic E-state index is 0.0177. The Morgan fingerprint density at radius 2 is 1.83 bits per heavy atom. The fourth-order valence-corrected chi connectivity index (χ4v) is 4.17. The van der Waals surface area contributed by atoms with Crippen molar-refractivity contribution in [2.24, 2.45) is 0 Å². The van der Waals surface area contributed by atoms with Gasteiger partial charge in [0.1, 0.15) is 5.82 Å². The van der Waals surface area contributed by atoms with Crippen molar-refractivity contribution in [3.63, 3.8) is 0 Å². The third-order valence-electron chi connectivity index (χ3n) is 4.94. The number of amides is 1. The van der Waals surface area contributed by atoms with Gasteiger partial charge in [0.25, 0.3) is 5.69 Å². The number of nitro groups is 1. The van der Waals surface area contributed by atoms with Gasteiger partial charge in [-0.15, -0.1) is 11.8 Å². The van der Waals surface area contributed by atoms with E-state index in [0.29, 0.717) is 19.8 Å². The molecule has 1 N–H and O–H groups in total. The number of hydrogen-bond donors (Lipinski definition) is 1. The molecular formula is C21H24FN3O4S. The molecule has 1 amide bonds. The van der Waals surface area contributed by atoms with Gasteiger partial charge in [-0.2, -0.15) is 0 Å². The van der Waals surface area contributed by atoms with Gasteiger partial charge < -0.3 is 10.1 Å². The normalized spacial score (nSPS) is 16.6. The minimum atomic E-state index is -0.453. The van der Waals surface area contributed by atoms with E-state index in [4.69, 9.17) is 4.74 Å². The Morgan fingerprint density at radius 1 is 1.20 bits per heavy atom. The van der Waals surface area contributed by atoms with Crippen molar-refractivity contribution in [2.75, 3.05) is 32.8 Å². The van der Waals surface area contributed by atoms with Crippen molar-refractivity contribution in [3.05, 3.63) is 70.0 Å². The first kappa shape index (κ1) is 22.2. The highest BCUT2D eigenvalue weighted by atomic mass is 32.2. The zero-order chi connectivity index (χ0) is 21.5. The summed E-state index contributed by atoms with van der Waals surface area (Å²) in [6, 6.07) is 12.4. The number of nitrogens with zero attached hydrogens (tertiary/aromatic N) is 2. The highest BCUT2D eigenvalue weighted by molar-refractivity contribution is 8.00. The van der Waals surface area contributed by atoms with Gasteiger partial charge in [-0.1, -0.05) is 12.1 Å². The fourth-order valence-electron chi connectivity index (χ4n) is 3.28. The topological polar surface area (TPSA) is 84.7 Å². The summed E-state index contributed by atoms with van der Waals surface area (Å²) in [5.41, 5.74) is 0.957. The standard InChI is InChI=1S/C21H24FN3O4S/c1-15(30-19-8-6-18(7-9-19)25(27)28)21(26)23-14-20(24-10-12-29-13-11-24)16-2-4-17(22)5-3-16/h2-9,15,20H,10-14H2,1H3,(H,23,26)/t15-,20+/m0/s1. The summed E-state index contributed by atoms with van der Waals surface area (Å²) in [5.74, 6) is -0.421. The zero-order valence-corrected chi connectivity index (χ0v) is 17.4. The Balaban J connectivity index is 1.61. The van der Waals surface area contributed by atoms with E-state index in [0.717, 1.165) is 23.5 Å². The number of benzene rings is 2. The van der Waals surface area contributed by atoms with Crippen LogP contribution in [0.4, 0.5) is 10.1 Å². The molecule has 1 heterocycles. The molecule has 1 fully saturated rings. The van der Waals surface area contributed by atoms with Crippen LogP contribution in [0.15, 0.2) is 53.4 Å². The smallest absolute Gasteiger partial charge is 0.269 e. The SMILES string of the molecule is C[C@H](Sc1ccc([N+](=O)[O-])cc1)C(=O)NC[C@H](c1ccc(F)cc1)N1CCOCC1. The maximum atomic E-state index is 13.3. The van der Waals surface area contributed by atoms with Crippen LogP contribution in [-0.2, 0) is 9.53 Å². The van der Waals surface area contributed by atoms with Crippen LogP contribution in [0, 0.1) is 15.9 Å². The lowest BCUT2D eigenvalue weighted by Crippen LogP contribution is -2.44. The van der Waals surface area contributed by atoms with E-state index < -0.39 is 4.92 Å². The first-order valence-electron chi connectivity index (χ1n) is 9.70. The number of rotatable bonds is 8. The molecule has 2 aromatic rings. The van der Waals surface area contributed by atoms with Gasteiger partial charge in [-0.3, -0.25) is 19.8 Å². The molecule has 160 valence electrons. The summed E-state index contributed by atoms with van der Waals surface area (Å²) in [6.07, 6.45) is 0. The summed E-state index contributed by atoms with van der Waals surface area (Å²) in [6.45, 7) is 4.92. The Morgan fingerprint density at radius 3 is 2.43 bits per heavy atom. The average molecular weight is 434 g/mol. The van der Waals surface area contributed by atoms with E-state index >= 15 is 0 Å². The Kier molecular flexibility index (Phi) is 7.78. The number of carbonyl (C=O) groups excluding carboxylic acids is 1. The lowest BCUT2D eigenvalue weighted by Gasteiger charge is -2.35. The third kappa shape index (κ3) is 6.01. The second kappa shape index (κ2) is 10.5. The van der Waals surface area contributed by atoms with Crippen LogP contribution in [-0.4, -0.2) is 53.8 Å². The molecule has 1 saturated heterocycles. The largest absolute Gasteiger partial charge is 0.379 e. The number of morpholine rings is 1. The van der Waals surface area contributed by atoms with Crippen LogP contribution < -0.4 is 5.32 Å². The Hall–Kier alpha value is -2.49. The number of nitrogens with one attached hydrogen (secondary N) is 1. The van der Waals surface area contributed by atoms with Gasteiger partial charge in [0, 0.05) is 36.7 Å². The molecule has 1 aliphatic rings. The molecule has 0 unspecified atom stereocenters. The fraction of sp³-hybridized carbons (Fsp3) is 0.381. The van der Waals surface area contributed by atoms with Crippen molar-refractivity contribution in [3.8, 4) is 0 Å². The Labute approximate surface area is 178 Å². The van der Waals surface area contributed by atoms with Gasteiger partial charge in [-0.05, 0) is 36.8 Å². The predicted molar refractivity (Wildman–Crippen MR) is 113 cm³/mol. The summed E-state index contributed by atoms with van der Waals surface area (Å²) < 4.78 is 18.8. The number of hydrogen-bond acceptors (Lipinski definition) is 6. The lowest BCUT2D eigenvalue weighted by atomic mass is 10.0. The van der Waals surface area contributed by atoms with E-state index in [1.807, 2.05) is 0 Å². The minimum Gasteiger partial charge on any atom is -0.379 e. The zero-order valence-electron chi connectivity index (χ0n) is 16.6. The van der Waals surface area contributed by atoms with E-state index in [1.165, 1.54) is 36.0 Å². The maximum Gasteiger partial charge on any atom is 0.269 e. The number of halogens is 1. The van der Waals surface area contributed by atoms with E-state index in [1.54, 1.807) is 31.2 Å². The average Bonchev–Trinajstić information content (AvgIpc) is 2.76. The van der Waals surface area contributed by atoms with Crippen molar-refractivity contribution in [1.82, 2.24) is 10.2 Å². The predicted octanol–water partition coefficient (Wildman–Crippen LogP) is 3.40. The van der Waals surface area contributed by atoms with Crippen LogP contribution in [0.3, 0.4) is 0 Å². The van der Waals surface area contributed by atoms with Crippen LogP contribution in [0.2, 0.25) is 0 Å². The second-order valence-corrected chi connectivity index (χ2v) is 8.39. The number of carbonyl (C=O) groups is 1. The molecule has 0 bridgehead atoms. The molecule has 1 aliphatic heterocycles. The molecule has 0 aliphatic carbocycles. The van der Waals surface area contributed by atoms with Gasteiger partial charge in [0.05, 0.1) is 29.4 Å².